The average molecular weight is 422 g/mol. The Morgan fingerprint density at radius 3 is 2.34 bits per heavy atom. The van der Waals surface area contributed by atoms with Crippen LogP contribution in [0.15, 0.2) is 84.9 Å². The monoisotopic (exact) mass is 421 g/mol. The lowest BCUT2D eigenvalue weighted by atomic mass is 9.99. The summed E-state index contributed by atoms with van der Waals surface area (Å²) in [6.07, 6.45) is 0.306. The fraction of sp³-hybridized carbons (Fsp3) is 0.148. The van der Waals surface area contributed by atoms with Crippen molar-refractivity contribution in [2.24, 2.45) is 0 Å². The zero-order valence-corrected chi connectivity index (χ0v) is 17.8. The number of fused-ring (bicyclic) bond motifs is 1. The Morgan fingerprint density at radius 1 is 1.00 bits per heavy atom. The molecule has 158 valence electrons. The minimum absolute atomic E-state index is 0.112. The third-order valence-corrected chi connectivity index (χ3v) is 5.37. The molecule has 0 aliphatic carbocycles. The molecule has 0 fully saturated rings. The van der Waals surface area contributed by atoms with Crippen molar-refractivity contribution in [1.29, 1.82) is 5.26 Å². The number of nitrogens with zero attached hydrogens (tertiary/aromatic N) is 2. The predicted octanol–water partition coefficient (Wildman–Crippen LogP) is 5.22. The highest BCUT2D eigenvalue weighted by Crippen LogP contribution is 2.36. The molecule has 5 nitrogen and oxygen atoms in total. The average Bonchev–Trinajstić information content (AvgIpc) is 2.84. The van der Waals surface area contributed by atoms with E-state index in [0.717, 1.165) is 27.6 Å². The lowest BCUT2D eigenvalue weighted by Crippen LogP contribution is -2.30. The zero-order chi connectivity index (χ0) is 22.3. The van der Waals surface area contributed by atoms with Gasteiger partial charge in [-0.25, -0.2) is 4.98 Å². The Labute approximate surface area is 187 Å². The summed E-state index contributed by atoms with van der Waals surface area (Å²) in [5, 5.41) is 13.1. The Kier molecular flexibility index (Phi) is 6.43. The topological polar surface area (TPSA) is 75.0 Å². The third kappa shape index (κ3) is 4.45. The summed E-state index contributed by atoms with van der Waals surface area (Å²) in [5.74, 6) is 0.407. The molecule has 0 saturated heterocycles. The number of carbonyl (C=O) groups is 1. The molecule has 1 atom stereocenters. The van der Waals surface area contributed by atoms with Gasteiger partial charge >= 0.3 is 0 Å². The number of hydrogen-bond donors (Lipinski definition) is 1. The van der Waals surface area contributed by atoms with Crippen LogP contribution in [0, 0.1) is 11.3 Å². The number of hydrogen-bond acceptors (Lipinski definition) is 4. The highest BCUT2D eigenvalue weighted by Gasteiger charge is 2.21. The van der Waals surface area contributed by atoms with E-state index >= 15 is 0 Å². The molecule has 0 radical (unpaired) electrons. The van der Waals surface area contributed by atoms with E-state index in [0.29, 0.717) is 11.4 Å². The largest absolute Gasteiger partial charge is 0.494 e. The first kappa shape index (κ1) is 21.1. The van der Waals surface area contributed by atoms with Gasteiger partial charge in [-0.3, -0.25) is 4.79 Å². The number of nitriles is 1. The van der Waals surface area contributed by atoms with Gasteiger partial charge in [0.25, 0.3) is 0 Å². The van der Waals surface area contributed by atoms with Crippen molar-refractivity contribution in [2.75, 3.05) is 7.11 Å². The quantitative estimate of drug-likeness (QED) is 0.444. The number of pyridine rings is 1. The molecular formula is C27H23N3O2. The normalized spacial score (nSPS) is 11.5. The number of methoxy groups -OCH3 is 1. The van der Waals surface area contributed by atoms with Crippen molar-refractivity contribution in [3.05, 3.63) is 96.1 Å². The van der Waals surface area contributed by atoms with Crippen molar-refractivity contribution in [3.8, 4) is 23.1 Å². The van der Waals surface area contributed by atoms with Crippen LogP contribution >= 0.6 is 0 Å². The second kappa shape index (κ2) is 9.76. The zero-order valence-electron chi connectivity index (χ0n) is 17.8. The number of carbonyl (C=O) groups excluding carboxylic acids is 1. The summed E-state index contributed by atoms with van der Waals surface area (Å²) < 4.78 is 5.78. The lowest BCUT2D eigenvalue weighted by molar-refractivity contribution is -0.121. The predicted molar refractivity (Wildman–Crippen MR) is 125 cm³/mol. The fourth-order valence-corrected chi connectivity index (χ4v) is 3.88. The van der Waals surface area contributed by atoms with Crippen LogP contribution in [0.5, 0.6) is 5.75 Å². The van der Waals surface area contributed by atoms with Crippen LogP contribution in [0.2, 0.25) is 0 Å². The van der Waals surface area contributed by atoms with E-state index in [1.54, 1.807) is 7.11 Å². The molecule has 32 heavy (non-hydrogen) atoms. The molecule has 0 aliphatic rings. The van der Waals surface area contributed by atoms with E-state index in [1.807, 2.05) is 84.9 Å². The molecule has 1 heterocycles. The van der Waals surface area contributed by atoms with E-state index in [1.165, 1.54) is 0 Å². The summed E-state index contributed by atoms with van der Waals surface area (Å²) in [4.78, 5) is 18.0. The molecular weight excluding hydrogens is 398 g/mol. The number of benzene rings is 3. The molecule has 4 rings (SSSR count). The molecule has 3 aromatic carbocycles. The van der Waals surface area contributed by atoms with Crippen LogP contribution in [0.3, 0.4) is 0 Å². The summed E-state index contributed by atoms with van der Waals surface area (Å²) in [6.45, 7) is 0. The molecule has 0 saturated carbocycles. The van der Waals surface area contributed by atoms with Gasteiger partial charge in [-0.15, -0.1) is 0 Å². The van der Waals surface area contributed by atoms with Gasteiger partial charge in [-0.2, -0.15) is 5.26 Å². The number of nitrogens with one attached hydrogen (secondary N) is 1. The van der Waals surface area contributed by atoms with Gasteiger partial charge in [-0.1, -0.05) is 78.9 Å². The highest BCUT2D eigenvalue weighted by atomic mass is 16.5. The molecule has 0 bridgehead atoms. The van der Waals surface area contributed by atoms with E-state index in [-0.39, 0.29) is 24.8 Å². The first-order chi connectivity index (χ1) is 15.7. The molecule has 1 aromatic heterocycles. The summed E-state index contributed by atoms with van der Waals surface area (Å²) in [5.41, 5.74) is 4.10. The lowest BCUT2D eigenvalue weighted by Gasteiger charge is -2.19. The maximum absolute atomic E-state index is 13.1. The number of aromatic nitrogens is 1. The van der Waals surface area contributed by atoms with E-state index < -0.39 is 0 Å². The van der Waals surface area contributed by atoms with Crippen LogP contribution in [0.1, 0.15) is 23.6 Å². The van der Waals surface area contributed by atoms with Gasteiger partial charge in [0.05, 0.1) is 37.6 Å². The highest BCUT2D eigenvalue weighted by molar-refractivity contribution is 5.93. The molecule has 5 heteroatoms. The number of para-hydroxylation sites is 1. The number of amides is 1. The third-order valence-electron chi connectivity index (χ3n) is 5.37. The van der Waals surface area contributed by atoms with Crippen molar-refractivity contribution < 1.29 is 9.53 Å². The van der Waals surface area contributed by atoms with Crippen LogP contribution < -0.4 is 10.1 Å². The summed E-state index contributed by atoms with van der Waals surface area (Å²) in [6, 6.07) is 28.9. The van der Waals surface area contributed by atoms with E-state index in [4.69, 9.17) is 9.72 Å². The first-order valence-electron chi connectivity index (χ1n) is 10.4. The van der Waals surface area contributed by atoms with Gasteiger partial charge in [0.1, 0.15) is 11.4 Å². The second-order valence-electron chi connectivity index (χ2n) is 7.43. The smallest absolute Gasteiger partial charge is 0.225 e. The standard InChI is InChI=1S/C27H23N3O2/c1-32-27-22(18-25(31)29-23(16-17-28)19-10-4-2-5-11-19)21-14-8-9-15-24(21)30-26(27)20-12-6-3-7-13-20/h2-15,23H,16,18H2,1H3,(H,29,31)/t23-/m0/s1. The maximum atomic E-state index is 13.1. The minimum atomic E-state index is -0.374. The molecule has 1 amide bonds. The van der Waals surface area contributed by atoms with Gasteiger partial charge < -0.3 is 10.1 Å². The molecule has 0 spiro atoms. The molecule has 1 N–H and O–H groups in total. The van der Waals surface area contributed by atoms with Crippen LogP contribution in [-0.2, 0) is 11.2 Å². The maximum Gasteiger partial charge on any atom is 0.225 e. The Bertz CT molecular complexity index is 1260. The van der Waals surface area contributed by atoms with Crippen molar-refractivity contribution in [1.82, 2.24) is 10.3 Å². The van der Waals surface area contributed by atoms with Gasteiger partial charge in [-0.05, 0) is 11.6 Å². The van der Waals surface area contributed by atoms with Crippen molar-refractivity contribution in [3.63, 3.8) is 0 Å². The van der Waals surface area contributed by atoms with Gasteiger partial charge in [0.15, 0.2) is 0 Å². The van der Waals surface area contributed by atoms with Gasteiger partial charge in [0.2, 0.25) is 5.91 Å². The van der Waals surface area contributed by atoms with Crippen molar-refractivity contribution >= 4 is 16.8 Å². The van der Waals surface area contributed by atoms with Crippen LogP contribution in [-0.4, -0.2) is 18.0 Å². The summed E-state index contributed by atoms with van der Waals surface area (Å²) >= 11 is 0. The Morgan fingerprint density at radius 2 is 1.66 bits per heavy atom. The molecule has 0 aliphatic heterocycles. The second-order valence-corrected chi connectivity index (χ2v) is 7.43. The SMILES string of the molecule is COc1c(-c2ccccc2)nc2ccccc2c1CC(=O)N[C@@H](CC#N)c1ccccc1. The Balaban J connectivity index is 1.73. The number of ether oxygens (including phenoxy) is 1. The van der Waals surface area contributed by atoms with Crippen molar-refractivity contribution in [2.45, 2.75) is 18.9 Å². The number of rotatable bonds is 7. The van der Waals surface area contributed by atoms with Crippen LogP contribution in [0.25, 0.3) is 22.2 Å². The molecule has 0 unspecified atom stereocenters. The van der Waals surface area contributed by atoms with E-state index in [9.17, 15) is 10.1 Å². The fourth-order valence-electron chi connectivity index (χ4n) is 3.88. The van der Waals surface area contributed by atoms with E-state index in [2.05, 4.69) is 11.4 Å². The Hall–Kier alpha value is -4.17. The summed E-state index contributed by atoms with van der Waals surface area (Å²) in [7, 11) is 1.60. The van der Waals surface area contributed by atoms with Crippen LogP contribution in [0.4, 0.5) is 0 Å². The minimum Gasteiger partial charge on any atom is -0.494 e. The first-order valence-corrected chi connectivity index (χ1v) is 10.4. The molecule has 4 aromatic rings. The van der Waals surface area contributed by atoms with Gasteiger partial charge in [0, 0.05) is 16.5 Å².